The van der Waals surface area contributed by atoms with Crippen LogP contribution in [0.3, 0.4) is 0 Å². The zero-order chi connectivity index (χ0) is 21.0. The minimum absolute atomic E-state index is 0.0986. The first-order chi connectivity index (χ1) is 13.8. The Balaban J connectivity index is 1.61. The number of benzene rings is 2. The molecule has 0 fully saturated rings. The van der Waals surface area contributed by atoms with Gasteiger partial charge in [0, 0.05) is 6.54 Å². The zero-order valence-electron chi connectivity index (χ0n) is 15.9. The molecule has 9 heteroatoms. The Morgan fingerprint density at radius 1 is 1.14 bits per heavy atom. The van der Waals surface area contributed by atoms with Crippen LogP contribution in [-0.2, 0) is 17.9 Å². The van der Waals surface area contributed by atoms with Gasteiger partial charge in [-0.2, -0.15) is 0 Å². The van der Waals surface area contributed by atoms with Crippen molar-refractivity contribution in [1.82, 2.24) is 20.3 Å². The lowest BCUT2D eigenvalue weighted by Crippen LogP contribution is -2.28. The number of halogens is 2. The van der Waals surface area contributed by atoms with Crippen LogP contribution in [0, 0.1) is 19.7 Å². The Morgan fingerprint density at radius 2 is 1.86 bits per heavy atom. The highest BCUT2D eigenvalue weighted by atomic mass is 35.5. The van der Waals surface area contributed by atoms with E-state index < -0.39 is 5.91 Å². The molecule has 29 heavy (non-hydrogen) atoms. The SMILES string of the molecule is Cc1ccc(NC(=O)c2nnn(CC(=O)NCc3ccc(F)cc3)c2C)c(Cl)c1. The number of nitrogens with one attached hydrogen (secondary N) is 2. The zero-order valence-corrected chi connectivity index (χ0v) is 16.6. The molecule has 3 aromatic rings. The Labute approximate surface area is 171 Å². The Bertz CT molecular complexity index is 1050. The Kier molecular flexibility index (Phi) is 6.23. The van der Waals surface area contributed by atoms with Crippen LogP contribution in [0.1, 0.15) is 27.3 Å². The second-order valence-electron chi connectivity index (χ2n) is 6.52. The van der Waals surface area contributed by atoms with Gasteiger partial charge in [-0.1, -0.05) is 35.0 Å². The predicted octanol–water partition coefficient (Wildman–Crippen LogP) is 3.26. The maximum absolute atomic E-state index is 12.9. The molecule has 0 aliphatic rings. The molecule has 0 unspecified atom stereocenters. The second kappa shape index (κ2) is 8.83. The summed E-state index contributed by atoms with van der Waals surface area (Å²) in [5, 5.41) is 13.6. The molecule has 0 saturated carbocycles. The molecule has 0 aliphatic carbocycles. The number of aryl methyl sites for hydroxylation is 1. The van der Waals surface area contributed by atoms with Crippen molar-refractivity contribution in [1.29, 1.82) is 0 Å². The van der Waals surface area contributed by atoms with Crippen LogP contribution in [0.5, 0.6) is 0 Å². The Morgan fingerprint density at radius 3 is 2.55 bits per heavy atom. The topological polar surface area (TPSA) is 88.9 Å². The minimum atomic E-state index is -0.466. The molecule has 0 bridgehead atoms. The third kappa shape index (κ3) is 5.17. The molecule has 0 radical (unpaired) electrons. The molecule has 1 aromatic heterocycles. The average Bonchev–Trinajstić information content (AvgIpc) is 3.04. The van der Waals surface area contributed by atoms with Crippen LogP contribution in [0.2, 0.25) is 5.02 Å². The van der Waals surface area contributed by atoms with Gasteiger partial charge in [0.15, 0.2) is 5.69 Å². The highest BCUT2D eigenvalue weighted by molar-refractivity contribution is 6.34. The fraction of sp³-hybridized carbons (Fsp3) is 0.200. The van der Waals surface area contributed by atoms with Crippen molar-refractivity contribution in [2.45, 2.75) is 26.9 Å². The van der Waals surface area contributed by atoms with E-state index in [2.05, 4.69) is 20.9 Å². The second-order valence-corrected chi connectivity index (χ2v) is 6.93. The average molecular weight is 416 g/mol. The van der Waals surface area contributed by atoms with Crippen LogP contribution in [-0.4, -0.2) is 26.8 Å². The maximum atomic E-state index is 12.9. The van der Waals surface area contributed by atoms with E-state index in [0.29, 0.717) is 16.4 Å². The van der Waals surface area contributed by atoms with Gasteiger partial charge in [0.05, 0.1) is 16.4 Å². The van der Waals surface area contributed by atoms with Gasteiger partial charge in [-0.05, 0) is 49.2 Å². The smallest absolute Gasteiger partial charge is 0.278 e. The summed E-state index contributed by atoms with van der Waals surface area (Å²) in [7, 11) is 0. The van der Waals surface area contributed by atoms with Gasteiger partial charge in [0.1, 0.15) is 12.4 Å². The van der Waals surface area contributed by atoms with E-state index in [1.54, 1.807) is 31.2 Å². The lowest BCUT2D eigenvalue weighted by Gasteiger charge is -2.08. The predicted molar refractivity (Wildman–Crippen MR) is 107 cm³/mol. The molecule has 0 saturated heterocycles. The van der Waals surface area contributed by atoms with Crippen molar-refractivity contribution in [3.8, 4) is 0 Å². The van der Waals surface area contributed by atoms with Crippen LogP contribution in [0.25, 0.3) is 0 Å². The van der Waals surface area contributed by atoms with Gasteiger partial charge in [0.2, 0.25) is 5.91 Å². The van der Waals surface area contributed by atoms with Crippen molar-refractivity contribution in [2.24, 2.45) is 0 Å². The van der Waals surface area contributed by atoms with E-state index in [1.165, 1.54) is 16.8 Å². The number of carbonyl (C=O) groups excluding carboxylic acids is 2. The molecular weight excluding hydrogens is 397 g/mol. The number of anilines is 1. The Hall–Kier alpha value is -3.26. The van der Waals surface area contributed by atoms with E-state index in [4.69, 9.17) is 11.6 Å². The lowest BCUT2D eigenvalue weighted by atomic mass is 10.2. The van der Waals surface area contributed by atoms with E-state index in [0.717, 1.165) is 11.1 Å². The molecule has 1 heterocycles. The monoisotopic (exact) mass is 415 g/mol. The molecular formula is C20H19ClFN5O2. The van der Waals surface area contributed by atoms with E-state index in [-0.39, 0.29) is 30.5 Å². The standard InChI is InChI=1S/C20H19ClFN5O2/c1-12-3-8-17(16(21)9-12)24-20(29)19-13(2)27(26-25-19)11-18(28)23-10-14-4-6-15(22)7-5-14/h3-9H,10-11H2,1-2H3,(H,23,28)(H,24,29). The quantitative estimate of drug-likeness (QED) is 0.646. The number of hydrogen-bond acceptors (Lipinski definition) is 4. The summed E-state index contributed by atoms with van der Waals surface area (Å²) in [5.74, 6) is -1.11. The molecule has 150 valence electrons. The summed E-state index contributed by atoms with van der Waals surface area (Å²) in [6, 6.07) is 11.1. The third-order valence-electron chi connectivity index (χ3n) is 4.27. The van der Waals surface area contributed by atoms with Crippen LogP contribution in [0.4, 0.5) is 10.1 Å². The normalized spacial score (nSPS) is 10.6. The fourth-order valence-corrected chi connectivity index (χ4v) is 2.90. The first-order valence-corrected chi connectivity index (χ1v) is 9.20. The summed E-state index contributed by atoms with van der Waals surface area (Å²) in [6.07, 6.45) is 0. The third-order valence-corrected chi connectivity index (χ3v) is 4.58. The number of aromatic nitrogens is 3. The van der Waals surface area contributed by atoms with Crippen molar-refractivity contribution in [2.75, 3.05) is 5.32 Å². The van der Waals surface area contributed by atoms with E-state index in [1.807, 2.05) is 13.0 Å². The number of nitrogens with zero attached hydrogens (tertiary/aromatic N) is 3. The number of carbonyl (C=O) groups is 2. The summed E-state index contributed by atoms with van der Waals surface area (Å²) in [6.45, 7) is 3.71. The minimum Gasteiger partial charge on any atom is -0.350 e. The van der Waals surface area contributed by atoms with E-state index in [9.17, 15) is 14.0 Å². The molecule has 0 aliphatic heterocycles. The van der Waals surface area contributed by atoms with Gasteiger partial charge in [-0.3, -0.25) is 9.59 Å². The summed E-state index contributed by atoms with van der Waals surface area (Å²) in [5.41, 5.74) is 2.76. The molecule has 2 amide bonds. The fourth-order valence-electron chi connectivity index (χ4n) is 2.62. The number of rotatable bonds is 6. The van der Waals surface area contributed by atoms with Crippen molar-refractivity contribution >= 4 is 29.1 Å². The van der Waals surface area contributed by atoms with Gasteiger partial charge in [-0.15, -0.1) is 5.10 Å². The van der Waals surface area contributed by atoms with Crippen molar-refractivity contribution in [3.63, 3.8) is 0 Å². The summed E-state index contributed by atoms with van der Waals surface area (Å²) < 4.78 is 14.3. The van der Waals surface area contributed by atoms with E-state index >= 15 is 0 Å². The van der Waals surface area contributed by atoms with Gasteiger partial charge in [-0.25, -0.2) is 9.07 Å². The maximum Gasteiger partial charge on any atom is 0.278 e. The molecule has 0 atom stereocenters. The van der Waals surface area contributed by atoms with Gasteiger partial charge >= 0.3 is 0 Å². The molecule has 0 spiro atoms. The summed E-state index contributed by atoms with van der Waals surface area (Å²) >= 11 is 6.14. The molecule has 3 rings (SSSR count). The van der Waals surface area contributed by atoms with Crippen LogP contribution in [0.15, 0.2) is 42.5 Å². The van der Waals surface area contributed by atoms with Gasteiger partial charge < -0.3 is 10.6 Å². The number of amides is 2. The largest absolute Gasteiger partial charge is 0.350 e. The molecule has 7 nitrogen and oxygen atoms in total. The first-order valence-electron chi connectivity index (χ1n) is 8.82. The van der Waals surface area contributed by atoms with Crippen LogP contribution >= 0.6 is 11.6 Å². The highest BCUT2D eigenvalue weighted by Crippen LogP contribution is 2.23. The lowest BCUT2D eigenvalue weighted by molar-refractivity contribution is -0.122. The molecule has 2 aromatic carbocycles. The van der Waals surface area contributed by atoms with Crippen LogP contribution < -0.4 is 10.6 Å². The first kappa shape index (κ1) is 20.5. The molecule has 2 N–H and O–H groups in total. The number of hydrogen-bond donors (Lipinski definition) is 2. The van der Waals surface area contributed by atoms with Crippen molar-refractivity contribution < 1.29 is 14.0 Å². The highest BCUT2D eigenvalue weighted by Gasteiger charge is 2.19. The summed E-state index contributed by atoms with van der Waals surface area (Å²) in [4.78, 5) is 24.7. The van der Waals surface area contributed by atoms with Crippen molar-refractivity contribution in [3.05, 3.63) is 75.8 Å². The van der Waals surface area contributed by atoms with Gasteiger partial charge in [0.25, 0.3) is 5.91 Å².